The van der Waals surface area contributed by atoms with Gasteiger partial charge in [0.2, 0.25) is 0 Å². The highest BCUT2D eigenvalue weighted by molar-refractivity contribution is 5.87. The highest BCUT2D eigenvalue weighted by Gasteiger charge is 2.60. The Morgan fingerprint density at radius 3 is 2.30 bits per heavy atom. The molecule has 5 unspecified atom stereocenters. The van der Waals surface area contributed by atoms with E-state index < -0.39 is 11.4 Å². The van der Waals surface area contributed by atoms with Gasteiger partial charge in [-0.3, -0.25) is 14.4 Å². The fourth-order valence-electron chi connectivity index (χ4n) is 6.07. The number of aliphatic carboxylic acids is 1. The molecule has 0 amide bonds. The van der Waals surface area contributed by atoms with Gasteiger partial charge in [-0.15, -0.1) is 0 Å². The van der Waals surface area contributed by atoms with Crippen molar-refractivity contribution >= 4 is 17.5 Å². The molecule has 0 aromatic heterocycles. The van der Waals surface area contributed by atoms with E-state index in [-0.39, 0.29) is 23.5 Å². The minimum atomic E-state index is -0.828. The number of carbonyl (C=O) groups is 3. The third kappa shape index (κ3) is 4.44. The molecule has 5 nitrogen and oxygen atoms in total. The summed E-state index contributed by atoms with van der Waals surface area (Å²) in [7, 11) is 1.50. The van der Waals surface area contributed by atoms with Gasteiger partial charge in [0.15, 0.2) is 0 Å². The fraction of sp³-hybridized carbons (Fsp3) is 0.864. The summed E-state index contributed by atoms with van der Waals surface area (Å²) in [6, 6.07) is 0. The van der Waals surface area contributed by atoms with Crippen molar-refractivity contribution in [3.05, 3.63) is 0 Å². The Bertz CT molecular complexity index is 561. The third-order valence-electron chi connectivity index (χ3n) is 7.38. The molecule has 6 atom stereocenters. The molecule has 156 valence electrons. The molecule has 0 saturated heterocycles. The van der Waals surface area contributed by atoms with Crippen molar-refractivity contribution in [2.24, 2.45) is 40.2 Å². The summed E-state index contributed by atoms with van der Waals surface area (Å²) in [5.41, 5.74) is 4.07. The number of ketones is 2. The molecule has 0 aliphatic heterocycles. The third-order valence-corrected chi connectivity index (χ3v) is 7.38. The summed E-state index contributed by atoms with van der Waals surface area (Å²) in [5.74, 6) is 1.08. The minimum absolute atomic E-state index is 0.0563. The van der Waals surface area contributed by atoms with E-state index in [0.29, 0.717) is 49.2 Å². The SMILES string of the molecule is CC.CC1CC(=O)C(C)(CCC(=O)O)C2CC[C@]3(C)CC(=O)CC3C12.CN. The molecule has 3 aliphatic rings. The van der Waals surface area contributed by atoms with E-state index >= 15 is 0 Å². The fourth-order valence-corrected chi connectivity index (χ4v) is 6.07. The number of carbonyl (C=O) groups excluding carboxylic acids is 2. The van der Waals surface area contributed by atoms with Crippen molar-refractivity contribution in [2.75, 3.05) is 7.05 Å². The minimum Gasteiger partial charge on any atom is -0.481 e. The Morgan fingerprint density at radius 1 is 1.15 bits per heavy atom. The van der Waals surface area contributed by atoms with Gasteiger partial charge in [0.25, 0.3) is 0 Å². The summed E-state index contributed by atoms with van der Waals surface area (Å²) in [6.45, 7) is 10.4. The predicted octanol–water partition coefficient (Wildman–Crippen LogP) is 4.08. The van der Waals surface area contributed by atoms with Crippen LogP contribution in [-0.2, 0) is 14.4 Å². The van der Waals surface area contributed by atoms with Gasteiger partial charge in [-0.25, -0.2) is 0 Å². The van der Waals surface area contributed by atoms with Gasteiger partial charge in [0, 0.05) is 31.1 Å². The molecular weight excluding hydrogens is 342 g/mol. The van der Waals surface area contributed by atoms with Crippen molar-refractivity contribution in [3.63, 3.8) is 0 Å². The normalized spacial score (nSPS) is 40.0. The van der Waals surface area contributed by atoms with Crippen LogP contribution in [0.3, 0.4) is 0 Å². The van der Waals surface area contributed by atoms with E-state index in [1.165, 1.54) is 7.05 Å². The Balaban J connectivity index is 0.000000855. The second-order valence-electron chi connectivity index (χ2n) is 8.82. The monoisotopic (exact) mass is 381 g/mol. The number of Topliss-reactive ketones (excluding diaryl/α,β-unsaturated/α-hetero) is 2. The van der Waals surface area contributed by atoms with Gasteiger partial charge < -0.3 is 10.8 Å². The van der Waals surface area contributed by atoms with Crippen molar-refractivity contribution in [3.8, 4) is 0 Å². The zero-order valence-corrected chi connectivity index (χ0v) is 18.0. The van der Waals surface area contributed by atoms with Crippen LogP contribution < -0.4 is 5.73 Å². The molecule has 0 heterocycles. The maximum atomic E-state index is 12.8. The van der Waals surface area contributed by atoms with Gasteiger partial charge >= 0.3 is 5.97 Å². The maximum absolute atomic E-state index is 12.8. The van der Waals surface area contributed by atoms with Gasteiger partial charge in [-0.1, -0.05) is 34.6 Å². The molecule has 0 aromatic carbocycles. The first-order chi connectivity index (χ1) is 12.7. The summed E-state index contributed by atoms with van der Waals surface area (Å²) in [4.78, 5) is 35.9. The van der Waals surface area contributed by atoms with Crippen molar-refractivity contribution in [1.82, 2.24) is 0 Å². The van der Waals surface area contributed by atoms with Gasteiger partial charge in [0.05, 0.1) is 0 Å². The van der Waals surface area contributed by atoms with E-state index in [1.54, 1.807) is 0 Å². The van der Waals surface area contributed by atoms with Crippen LogP contribution >= 0.6 is 0 Å². The number of nitrogens with two attached hydrogens (primary N) is 1. The maximum Gasteiger partial charge on any atom is 0.303 e. The van der Waals surface area contributed by atoms with E-state index in [0.717, 1.165) is 12.8 Å². The molecule has 3 rings (SSSR count). The topological polar surface area (TPSA) is 97.5 Å². The quantitative estimate of drug-likeness (QED) is 0.767. The van der Waals surface area contributed by atoms with Crippen molar-refractivity contribution < 1.29 is 19.5 Å². The number of hydrogen-bond donors (Lipinski definition) is 2. The number of fused-ring (bicyclic) bond motifs is 3. The van der Waals surface area contributed by atoms with Crippen LogP contribution in [0.15, 0.2) is 0 Å². The van der Waals surface area contributed by atoms with E-state index in [2.05, 4.69) is 19.6 Å². The lowest BCUT2D eigenvalue weighted by atomic mass is 9.47. The van der Waals surface area contributed by atoms with E-state index in [1.807, 2.05) is 20.8 Å². The predicted molar refractivity (Wildman–Crippen MR) is 107 cm³/mol. The Hall–Kier alpha value is -1.23. The number of carboxylic acid groups (broad SMARTS) is 1. The van der Waals surface area contributed by atoms with Crippen LogP contribution in [0.25, 0.3) is 0 Å². The van der Waals surface area contributed by atoms with Crippen LogP contribution in [0.1, 0.15) is 79.6 Å². The lowest BCUT2D eigenvalue weighted by Gasteiger charge is -2.56. The molecule has 0 bridgehead atoms. The molecule has 3 N–H and O–H groups in total. The van der Waals surface area contributed by atoms with Crippen LogP contribution in [0.2, 0.25) is 0 Å². The first-order valence-corrected chi connectivity index (χ1v) is 10.5. The lowest BCUT2D eigenvalue weighted by Crippen LogP contribution is -2.54. The van der Waals surface area contributed by atoms with E-state index in [4.69, 9.17) is 5.11 Å². The average molecular weight is 382 g/mol. The zero-order valence-electron chi connectivity index (χ0n) is 18.0. The van der Waals surface area contributed by atoms with Crippen LogP contribution in [0, 0.1) is 34.5 Å². The highest BCUT2D eigenvalue weighted by atomic mass is 16.4. The van der Waals surface area contributed by atoms with Crippen molar-refractivity contribution in [1.29, 1.82) is 0 Å². The smallest absolute Gasteiger partial charge is 0.303 e. The standard InChI is InChI=1S/C19H28O4.C2H6.CH5N/c1-11-8-15(21)19(3,7-5-16(22)23)13-4-6-18(2)10-12(20)9-14(18)17(11)13;2*1-2/h11,13-14,17H,4-10H2,1-3H3,(H,22,23);1-2H3;2H2,1H3/t11?,13?,14?,17?,18-,19?;;/m1../s1. The van der Waals surface area contributed by atoms with E-state index in [9.17, 15) is 14.4 Å². The van der Waals surface area contributed by atoms with Crippen LogP contribution in [-0.4, -0.2) is 29.7 Å². The molecule has 0 spiro atoms. The van der Waals surface area contributed by atoms with Crippen LogP contribution in [0.4, 0.5) is 0 Å². The second-order valence-corrected chi connectivity index (χ2v) is 8.82. The summed E-state index contributed by atoms with van der Waals surface area (Å²) >= 11 is 0. The first-order valence-electron chi connectivity index (χ1n) is 10.5. The highest BCUT2D eigenvalue weighted by Crippen LogP contribution is 2.63. The molecule has 0 aromatic rings. The largest absolute Gasteiger partial charge is 0.481 e. The lowest BCUT2D eigenvalue weighted by molar-refractivity contribution is -0.152. The second kappa shape index (κ2) is 9.31. The summed E-state index contributed by atoms with van der Waals surface area (Å²) in [6.07, 6.45) is 4.33. The molecule has 0 radical (unpaired) electrons. The summed E-state index contributed by atoms with van der Waals surface area (Å²) < 4.78 is 0. The van der Waals surface area contributed by atoms with Gasteiger partial charge in [0.1, 0.15) is 11.6 Å². The first kappa shape index (κ1) is 23.8. The Labute approximate surface area is 164 Å². The molecular formula is C22H39NO4. The number of hydrogen-bond acceptors (Lipinski definition) is 4. The molecule has 3 saturated carbocycles. The summed E-state index contributed by atoms with van der Waals surface area (Å²) in [5, 5.41) is 9.06. The number of carboxylic acids is 1. The molecule has 5 heteroatoms. The van der Waals surface area contributed by atoms with Crippen LogP contribution in [0.5, 0.6) is 0 Å². The Kier molecular flexibility index (Phi) is 8.21. The van der Waals surface area contributed by atoms with Gasteiger partial charge in [-0.2, -0.15) is 0 Å². The molecule has 3 fully saturated rings. The van der Waals surface area contributed by atoms with Crippen molar-refractivity contribution in [2.45, 2.75) is 79.6 Å². The number of rotatable bonds is 3. The zero-order chi connectivity index (χ0) is 21.0. The molecule has 3 aliphatic carbocycles. The van der Waals surface area contributed by atoms with Gasteiger partial charge in [-0.05, 0) is 55.4 Å². The Morgan fingerprint density at radius 2 is 1.74 bits per heavy atom. The average Bonchev–Trinajstić information content (AvgIpc) is 2.95. The molecule has 27 heavy (non-hydrogen) atoms.